The van der Waals surface area contributed by atoms with Crippen LogP contribution in [0.3, 0.4) is 0 Å². The van der Waals surface area contributed by atoms with E-state index in [9.17, 15) is 120 Å². The minimum absolute atomic E-state index is 0.0157. The molecule has 0 radical (unpaired) electrons. The lowest BCUT2D eigenvalue weighted by Gasteiger charge is -2.20. The van der Waals surface area contributed by atoms with Crippen LogP contribution in [0.4, 0.5) is 9.59 Å². The molecule has 0 spiro atoms. The van der Waals surface area contributed by atoms with Crippen LogP contribution >= 0.6 is 57.7 Å². The third-order valence-corrected chi connectivity index (χ3v) is 27.1. The quantitative estimate of drug-likeness (QED) is 0.00871. The summed E-state index contributed by atoms with van der Waals surface area (Å²) in [4.78, 5) is 246. The van der Waals surface area contributed by atoms with E-state index < -0.39 is 211 Å². The number of aromatic nitrogens is 2. The Kier molecular flexibility index (Phi) is 45.5. The number of phosphoric acid groups is 3. The fourth-order valence-electron chi connectivity index (χ4n) is 14.1. The van der Waals surface area contributed by atoms with Crippen molar-refractivity contribution >= 4 is 147 Å². The van der Waals surface area contributed by atoms with Crippen molar-refractivity contribution in [1.29, 1.82) is 0 Å². The Bertz CT molecular complexity index is 5410. The second-order valence-electron chi connectivity index (χ2n) is 30.7. The number of carbonyl (C=O) groups is 15. The Hall–Kier alpha value is -11.9. The average Bonchev–Trinajstić information content (AvgIpc) is 1.62. The lowest BCUT2D eigenvalue weighted by Crippen LogP contribution is -2.52. The second kappa shape index (κ2) is 55.5. The van der Waals surface area contributed by atoms with Gasteiger partial charge in [-0.25, -0.2) is 37.7 Å². The molecule has 54 heteroatoms. The Morgan fingerprint density at radius 2 is 0.905 bits per heavy atom. The number of rotatable bonds is 56. The predicted octanol–water partition coefficient (Wildman–Crippen LogP) is 3.42. The summed E-state index contributed by atoms with van der Waals surface area (Å²) in [6, 6.07) is 22.5. The van der Waals surface area contributed by atoms with E-state index in [1.54, 1.807) is 0 Å². The van der Waals surface area contributed by atoms with Gasteiger partial charge in [0.2, 0.25) is 41.4 Å². The van der Waals surface area contributed by atoms with Gasteiger partial charge in [-0.2, -0.15) is 21.3 Å². The van der Waals surface area contributed by atoms with Crippen LogP contribution < -0.4 is 59.1 Å². The van der Waals surface area contributed by atoms with Crippen molar-refractivity contribution in [2.45, 2.75) is 182 Å². The van der Waals surface area contributed by atoms with Crippen LogP contribution in [0.5, 0.6) is 0 Å². The highest BCUT2D eigenvalue weighted by Crippen LogP contribution is 2.66. The van der Waals surface area contributed by atoms with E-state index in [1.807, 2.05) is 113 Å². The fourth-order valence-corrected chi connectivity index (χ4v) is 19.4. The van der Waals surface area contributed by atoms with Crippen LogP contribution in [-0.4, -0.2) is 259 Å². The van der Waals surface area contributed by atoms with Crippen LogP contribution in [-0.2, 0) is 103 Å². The van der Waals surface area contributed by atoms with Gasteiger partial charge in [0.05, 0.1) is 44.9 Å². The maximum Gasteiger partial charge on any atom is 0.490 e. The Labute approximate surface area is 793 Å². The number of H-pyrrole nitrogens is 1. The van der Waals surface area contributed by atoms with E-state index in [4.69, 9.17) is 44.4 Å². The van der Waals surface area contributed by atoms with Gasteiger partial charge in [0.1, 0.15) is 67.4 Å². The molecule has 48 nitrogen and oxygen atoms in total. The van der Waals surface area contributed by atoms with Crippen molar-refractivity contribution in [3.05, 3.63) is 152 Å². The standard InChI is InChI=1S/C49H62N7O26P3S2.C34H42N4O11S/c57-37-24-41(80-38(37)27-79-84(74,75)82-85(76,77)81-83(71,72)73)56-25-28(44(64)55-48(56)69)10-8-19-50-39(58)17-21-87-86-20-9-15-34(54-49(70)78-26-33-31-13-5-3-11-29(31)30-12-4-6-14-32(30)33)45(65)51-18-7-1-2-16-40(59)52-35(22-42(60)61)46(66)53-36(47(67)68)23-43(62)63;39-28(36-26(17-29(40)41)32(45)37-27(33(46)47)18-30(42)43)14-2-1-7-15-35-31(44)25(13-8-16-50)38-34(48)49-19-24-22-11-5-3-9-20(22)21-10-4-6-12-23(21)24/h3-6,11-14,25,33-38,41,57H,1-2,7,9,15-24,26-27H2,(H,50,58)(H,51,65)(H,52,59)(H,53,66)(H,54,70)(H,60,61)(H,62,63)(H,67,68)(H,74,75)(H,76,77)(H,55,64,69)(H2,71,72,73);3-6,9-12,24-27,50H,1-2,7-8,13-19H2,(H,35,44)(H,36,39)(H,37,45)(H,38,48)(H,40,41)(H,42,43)(H,46,47). The molecule has 11 unspecified atom stereocenters. The molecule has 2 heterocycles. The molecule has 21 N–H and O–H groups in total. The molecule has 0 bridgehead atoms. The first-order valence-corrected chi connectivity index (χ1v) is 49.9. The van der Waals surface area contributed by atoms with Gasteiger partial charge >= 0.3 is 77.2 Å². The first kappa shape index (κ1) is 112. The molecule has 4 aromatic carbocycles. The number of carboxylic acids is 6. The van der Waals surface area contributed by atoms with Gasteiger partial charge in [-0.3, -0.25) is 71.6 Å². The van der Waals surface area contributed by atoms with Crippen LogP contribution in [0, 0.1) is 11.8 Å². The van der Waals surface area contributed by atoms with Crippen molar-refractivity contribution in [2.24, 2.45) is 0 Å². The van der Waals surface area contributed by atoms with Crippen molar-refractivity contribution in [3.63, 3.8) is 0 Å². The fraction of sp³-hybridized carbons (Fsp3) is 0.458. The Morgan fingerprint density at radius 1 is 0.482 bits per heavy atom. The van der Waals surface area contributed by atoms with Crippen molar-refractivity contribution < 1.29 is 168 Å². The number of aromatic amines is 1. The van der Waals surface area contributed by atoms with Gasteiger partial charge in [0.15, 0.2) is 0 Å². The number of hydrogen-bond acceptors (Lipinski definition) is 30. The number of amides is 9. The average molecular weight is 2040 g/mol. The third-order valence-electron chi connectivity index (χ3n) is 20.5. The van der Waals surface area contributed by atoms with Gasteiger partial charge in [0, 0.05) is 68.3 Å². The smallest absolute Gasteiger partial charge is 0.481 e. The number of phosphoric ester groups is 1. The summed E-state index contributed by atoms with van der Waals surface area (Å²) in [6.07, 6.45) is -5.43. The maximum atomic E-state index is 13.5. The summed E-state index contributed by atoms with van der Waals surface area (Å²) in [6.45, 7) is -0.802. The second-order valence-corrected chi connectivity index (χ2v) is 38.3. The normalized spacial score (nSPS) is 16.1. The van der Waals surface area contributed by atoms with Crippen LogP contribution in [0.15, 0.2) is 113 Å². The van der Waals surface area contributed by atoms with Gasteiger partial charge in [-0.05, 0) is 102 Å². The molecular weight excluding hydrogens is 1930 g/mol. The first-order valence-electron chi connectivity index (χ1n) is 42.3. The van der Waals surface area contributed by atoms with E-state index >= 15 is 0 Å². The molecule has 3 aliphatic rings. The third kappa shape index (κ3) is 38.6. The van der Waals surface area contributed by atoms with Gasteiger partial charge in [-0.15, -0.1) is 0 Å². The number of carbonyl (C=O) groups excluding carboxylic acids is 9. The molecular formula is C83H104N11O37P3S3. The molecule has 0 saturated carbocycles. The molecule has 9 amide bonds. The van der Waals surface area contributed by atoms with Crippen molar-refractivity contribution in [1.82, 2.24) is 57.4 Å². The number of nitrogens with zero attached hydrogens (tertiary/aromatic N) is 1. The molecule has 8 rings (SSSR count). The molecule has 1 saturated heterocycles. The van der Waals surface area contributed by atoms with Gasteiger partial charge in [-0.1, -0.05) is 143 Å². The maximum absolute atomic E-state index is 13.5. The van der Waals surface area contributed by atoms with Crippen LogP contribution in [0.25, 0.3) is 22.3 Å². The number of thiol groups is 1. The van der Waals surface area contributed by atoms with Crippen molar-refractivity contribution in [3.8, 4) is 34.1 Å². The van der Waals surface area contributed by atoms with Crippen molar-refractivity contribution in [2.75, 3.05) is 56.7 Å². The zero-order valence-corrected chi connectivity index (χ0v) is 78.1. The Balaban J connectivity index is 0.000000432. The summed E-state index contributed by atoms with van der Waals surface area (Å²) in [5.41, 5.74) is 6.12. The highest BCUT2D eigenvalue weighted by Gasteiger charge is 2.44. The summed E-state index contributed by atoms with van der Waals surface area (Å²) in [5.74, 6) is -8.32. The van der Waals surface area contributed by atoms with Gasteiger partial charge < -0.3 is 117 Å². The number of ether oxygens (including phenoxy) is 3. The van der Waals surface area contributed by atoms with E-state index in [1.165, 1.54) is 21.6 Å². The number of alkyl carbamates (subject to hydrolysis) is 2. The number of nitrogens with one attached hydrogen (secondary N) is 10. The molecule has 1 aromatic heterocycles. The molecule has 2 aliphatic carbocycles. The zero-order chi connectivity index (χ0) is 101. The Morgan fingerprint density at radius 3 is 1.33 bits per heavy atom. The van der Waals surface area contributed by atoms with E-state index in [0.29, 0.717) is 68.6 Å². The zero-order valence-electron chi connectivity index (χ0n) is 72.8. The molecule has 746 valence electrons. The highest BCUT2D eigenvalue weighted by molar-refractivity contribution is 8.76. The van der Waals surface area contributed by atoms with Crippen LogP contribution in [0.2, 0.25) is 0 Å². The minimum Gasteiger partial charge on any atom is -0.481 e. The number of hydrogen-bond donors (Lipinski definition) is 22. The molecule has 11 atom stereocenters. The minimum atomic E-state index is -5.83. The predicted molar refractivity (Wildman–Crippen MR) is 486 cm³/mol. The summed E-state index contributed by atoms with van der Waals surface area (Å²) < 4.78 is 64.0. The molecule has 1 fully saturated rings. The van der Waals surface area contributed by atoms with E-state index in [-0.39, 0.29) is 88.8 Å². The number of benzene rings is 4. The van der Waals surface area contributed by atoms with E-state index in [2.05, 4.69) is 74.8 Å². The van der Waals surface area contributed by atoms with Crippen LogP contribution in [0.1, 0.15) is 161 Å². The van der Waals surface area contributed by atoms with Gasteiger partial charge in [0.25, 0.3) is 5.56 Å². The number of unbranched alkanes of at least 4 members (excludes halogenated alkanes) is 4. The summed E-state index contributed by atoms with van der Waals surface area (Å²) >= 11 is 4.21. The molecule has 5 aromatic rings. The SMILES string of the molecule is O=C(O)CC(NC(=O)C(CC(=O)O)NC(=O)CCCCCNC(=O)C(CCCS)NC(=O)OCC1c2ccccc2-c2ccccc21)C(=O)O.O=C(O)CC(NC(=O)C(CC(=O)O)NC(=O)CCCCCNC(=O)C(CCCSSCCC(=O)NCC#Cc1cn(C2CC(O)C(COP(=O)(O)OP(=O)(O)OP(=O)(O)O)O2)c(=O)[nH]c1=O)NC(=O)OCC1c2ccccc2-c2ccccc21)C(=O)O. The largest absolute Gasteiger partial charge is 0.490 e. The molecule has 137 heavy (non-hydrogen) atoms. The highest BCUT2D eigenvalue weighted by atomic mass is 33.1. The topological polar surface area (TPSA) is 748 Å². The number of aliphatic hydroxyl groups is 1. The number of carboxylic acid groups (broad SMARTS) is 6. The number of fused-ring (bicyclic) bond motifs is 6. The summed E-state index contributed by atoms with van der Waals surface area (Å²) in [5, 5.41) is 86.7. The lowest BCUT2D eigenvalue weighted by atomic mass is 9.98. The summed E-state index contributed by atoms with van der Waals surface area (Å²) in [7, 11) is -14.3. The first-order chi connectivity index (χ1) is 64.9. The number of aliphatic carboxylic acids is 6. The van der Waals surface area contributed by atoms with E-state index in [0.717, 1.165) is 55.3 Å². The lowest BCUT2D eigenvalue weighted by molar-refractivity contribution is -0.148. The number of aliphatic hydroxyl groups excluding tert-OH is 1. The molecule has 1 aliphatic heterocycles. The monoisotopic (exact) mass is 2040 g/mol.